The number of hydrogen-bond donors (Lipinski definition) is 1. The average molecular weight is 198 g/mol. The molecule has 0 amide bonds. The van der Waals surface area contributed by atoms with Gasteiger partial charge in [0.25, 0.3) is 0 Å². The molecule has 76 valence electrons. The van der Waals surface area contributed by atoms with Gasteiger partial charge in [-0.15, -0.1) is 0 Å². The Bertz CT molecular complexity index is 446. The minimum Gasteiger partial charge on any atom is -0.326 e. The maximum Gasteiger partial charge on any atom is 0.0705 e. The summed E-state index contributed by atoms with van der Waals surface area (Å²) >= 11 is 0. The van der Waals surface area contributed by atoms with Crippen LogP contribution in [0.1, 0.15) is 11.1 Å². The predicted molar refractivity (Wildman–Crippen MR) is 62.3 cm³/mol. The van der Waals surface area contributed by atoms with Gasteiger partial charge in [0.15, 0.2) is 0 Å². The molecule has 0 spiro atoms. The molecule has 0 saturated heterocycles. The lowest BCUT2D eigenvalue weighted by molar-refractivity contribution is 1.06. The van der Waals surface area contributed by atoms with Crippen molar-refractivity contribution in [3.05, 3.63) is 53.7 Å². The Labute approximate surface area is 89.8 Å². The molecule has 0 aliphatic rings. The first-order chi connectivity index (χ1) is 7.29. The van der Waals surface area contributed by atoms with Crippen LogP contribution in [-0.2, 0) is 6.54 Å². The molecular formula is C13H14N2. The van der Waals surface area contributed by atoms with Crippen molar-refractivity contribution in [2.75, 3.05) is 0 Å². The van der Waals surface area contributed by atoms with Crippen molar-refractivity contribution in [1.29, 1.82) is 0 Å². The standard InChI is InChI=1S/C13H14N2/c1-10-2-4-12(5-3-10)13-8-11(9-14)6-7-15-13/h2-8H,9,14H2,1H3. The minimum absolute atomic E-state index is 0.557. The summed E-state index contributed by atoms with van der Waals surface area (Å²) in [5.74, 6) is 0. The Kier molecular flexibility index (Phi) is 2.79. The number of pyridine rings is 1. The normalized spacial score (nSPS) is 10.3. The highest BCUT2D eigenvalue weighted by molar-refractivity contribution is 5.59. The molecule has 1 aromatic heterocycles. The highest BCUT2D eigenvalue weighted by Gasteiger charge is 1.99. The van der Waals surface area contributed by atoms with Gasteiger partial charge in [-0.1, -0.05) is 29.8 Å². The summed E-state index contributed by atoms with van der Waals surface area (Å²) in [5.41, 5.74) is 10.1. The van der Waals surface area contributed by atoms with E-state index in [1.807, 2.05) is 12.1 Å². The second-order valence-corrected chi connectivity index (χ2v) is 3.62. The Morgan fingerprint density at radius 1 is 1.13 bits per heavy atom. The van der Waals surface area contributed by atoms with Crippen molar-refractivity contribution in [3.8, 4) is 11.3 Å². The highest BCUT2D eigenvalue weighted by atomic mass is 14.7. The maximum atomic E-state index is 5.59. The lowest BCUT2D eigenvalue weighted by Gasteiger charge is -2.03. The summed E-state index contributed by atoms with van der Waals surface area (Å²) in [4.78, 5) is 4.33. The summed E-state index contributed by atoms with van der Waals surface area (Å²) in [6.45, 7) is 2.63. The molecule has 0 aliphatic heterocycles. The quantitative estimate of drug-likeness (QED) is 0.805. The SMILES string of the molecule is Cc1ccc(-c2cc(CN)ccn2)cc1. The van der Waals surface area contributed by atoms with Crippen LogP contribution in [0.5, 0.6) is 0 Å². The molecule has 0 fully saturated rings. The van der Waals surface area contributed by atoms with Crippen LogP contribution in [0.4, 0.5) is 0 Å². The van der Waals surface area contributed by atoms with Gasteiger partial charge in [-0.05, 0) is 24.6 Å². The predicted octanol–water partition coefficient (Wildman–Crippen LogP) is 2.52. The van der Waals surface area contributed by atoms with E-state index in [2.05, 4.69) is 36.2 Å². The average Bonchev–Trinajstić information content (AvgIpc) is 2.30. The van der Waals surface area contributed by atoms with Gasteiger partial charge in [-0.2, -0.15) is 0 Å². The second-order valence-electron chi connectivity index (χ2n) is 3.62. The molecule has 2 rings (SSSR count). The fourth-order valence-electron chi connectivity index (χ4n) is 1.48. The van der Waals surface area contributed by atoms with Crippen molar-refractivity contribution in [1.82, 2.24) is 4.98 Å². The van der Waals surface area contributed by atoms with E-state index in [1.165, 1.54) is 5.56 Å². The molecular weight excluding hydrogens is 184 g/mol. The summed E-state index contributed by atoms with van der Waals surface area (Å²) < 4.78 is 0. The second kappa shape index (κ2) is 4.24. The first-order valence-corrected chi connectivity index (χ1v) is 5.01. The fourth-order valence-corrected chi connectivity index (χ4v) is 1.48. The van der Waals surface area contributed by atoms with Gasteiger partial charge in [0, 0.05) is 18.3 Å². The molecule has 0 saturated carbocycles. The van der Waals surface area contributed by atoms with Crippen molar-refractivity contribution >= 4 is 0 Å². The smallest absolute Gasteiger partial charge is 0.0705 e. The summed E-state index contributed by atoms with van der Waals surface area (Å²) in [6.07, 6.45) is 1.80. The molecule has 2 N–H and O–H groups in total. The number of aryl methyl sites for hydroxylation is 1. The van der Waals surface area contributed by atoms with E-state index in [9.17, 15) is 0 Å². The maximum absolute atomic E-state index is 5.59. The number of benzene rings is 1. The molecule has 15 heavy (non-hydrogen) atoms. The zero-order valence-electron chi connectivity index (χ0n) is 8.77. The molecule has 2 nitrogen and oxygen atoms in total. The van der Waals surface area contributed by atoms with Gasteiger partial charge in [-0.25, -0.2) is 0 Å². The topological polar surface area (TPSA) is 38.9 Å². The van der Waals surface area contributed by atoms with Crippen LogP contribution in [0.25, 0.3) is 11.3 Å². The number of rotatable bonds is 2. The number of hydrogen-bond acceptors (Lipinski definition) is 2. The van der Waals surface area contributed by atoms with Gasteiger partial charge in [0.2, 0.25) is 0 Å². The Morgan fingerprint density at radius 3 is 2.53 bits per heavy atom. The Morgan fingerprint density at radius 2 is 1.87 bits per heavy atom. The summed E-state index contributed by atoms with van der Waals surface area (Å²) in [6, 6.07) is 12.3. The van der Waals surface area contributed by atoms with E-state index in [1.54, 1.807) is 6.20 Å². The van der Waals surface area contributed by atoms with E-state index < -0.39 is 0 Å². The molecule has 0 unspecified atom stereocenters. The van der Waals surface area contributed by atoms with E-state index in [0.717, 1.165) is 16.8 Å². The van der Waals surface area contributed by atoms with Crippen molar-refractivity contribution < 1.29 is 0 Å². The van der Waals surface area contributed by atoms with Crippen molar-refractivity contribution in [2.45, 2.75) is 13.5 Å². The highest BCUT2D eigenvalue weighted by Crippen LogP contribution is 2.18. The first-order valence-electron chi connectivity index (χ1n) is 5.01. The molecule has 0 atom stereocenters. The van der Waals surface area contributed by atoms with E-state index in [4.69, 9.17) is 5.73 Å². The molecule has 1 aromatic carbocycles. The van der Waals surface area contributed by atoms with Crippen molar-refractivity contribution in [2.24, 2.45) is 5.73 Å². The van der Waals surface area contributed by atoms with Crippen LogP contribution in [-0.4, -0.2) is 4.98 Å². The van der Waals surface area contributed by atoms with E-state index in [-0.39, 0.29) is 0 Å². The van der Waals surface area contributed by atoms with Gasteiger partial charge in [-0.3, -0.25) is 4.98 Å². The van der Waals surface area contributed by atoms with Crippen LogP contribution < -0.4 is 5.73 Å². The molecule has 0 bridgehead atoms. The van der Waals surface area contributed by atoms with Crippen molar-refractivity contribution in [3.63, 3.8) is 0 Å². The van der Waals surface area contributed by atoms with Crippen LogP contribution in [0.15, 0.2) is 42.6 Å². The van der Waals surface area contributed by atoms with E-state index >= 15 is 0 Å². The lowest BCUT2D eigenvalue weighted by Crippen LogP contribution is -1.96. The largest absolute Gasteiger partial charge is 0.326 e. The molecule has 2 heteroatoms. The van der Waals surface area contributed by atoms with E-state index in [0.29, 0.717) is 6.54 Å². The molecule has 0 aliphatic carbocycles. The van der Waals surface area contributed by atoms with Crippen LogP contribution >= 0.6 is 0 Å². The number of nitrogens with zero attached hydrogens (tertiary/aromatic N) is 1. The molecule has 0 radical (unpaired) electrons. The fraction of sp³-hybridized carbons (Fsp3) is 0.154. The van der Waals surface area contributed by atoms with Gasteiger partial charge < -0.3 is 5.73 Å². The van der Waals surface area contributed by atoms with Crippen LogP contribution in [0.3, 0.4) is 0 Å². The monoisotopic (exact) mass is 198 g/mol. The Hall–Kier alpha value is -1.67. The third-order valence-electron chi connectivity index (χ3n) is 2.41. The Balaban J connectivity index is 2.40. The zero-order chi connectivity index (χ0) is 10.7. The lowest BCUT2D eigenvalue weighted by atomic mass is 10.1. The number of aromatic nitrogens is 1. The van der Waals surface area contributed by atoms with Crippen LogP contribution in [0.2, 0.25) is 0 Å². The van der Waals surface area contributed by atoms with Gasteiger partial charge in [0.05, 0.1) is 5.69 Å². The third kappa shape index (κ3) is 2.22. The molecule has 2 aromatic rings. The zero-order valence-corrected chi connectivity index (χ0v) is 8.77. The first kappa shape index (κ1) is 9.87. The summed E-state index contributed by atoms with van der Waals surface area (Å²) in [7, 11) is 0. The molecule has 1 heterocycles. The van der Waals surface area contributed by atoms with Gasteiger partial charge >= 0.3 is 0 Å². The van der Waals surface area contributed by atoms with Gasteiger partial charge in [0.1, 0.15) is 0 Å². The minimum atomic E-state index is 0.557. The third-order valence-corrected chi connectivity index (χ3v) is 2.41. The summed E-state index contributed by atoms with van der Waals surface area (Å²) in [5, 5.41) is 0. The van der Waals surface area contributed by atoms with Crippen LogP contribution in [0, 0.1) is 6.92 Å². The number of nitrogens with two attached hydrogens (primary N) is 1.